The van der Waals surface area contributed by atoms with Gasteiger partial charge in [-0.05, 0) is 31.9 Å². The molecule has 1 N–H and O–H groups in total. The maximum Gasteiger partial charge on any atom is 0.311 e. The van der Waals surface area contributed by atoms with Crippen LogP contribution in [0.15, 0.2) is 29.1 Å². The zero-order chi connectivity index (χ0) is 13.6. The summed E-state index contributed by atoms with van der Waals surface area (Å²) in [5.41, 5.74) is -0.884. The summed E-state index contributed by atoms with van der Waals surface area (Å²) < 4.78 is 2.60. The second-order valence-corrected chi connectivity index (χ2v) is 6.36. The van der Waals surface area contributed by atoms with E-state index >= 15 is 0 Å². The van der Waals surface area contributed by atoms with Gasteiger partial charge in [-0.15, -0.1) is 0 Å². The number of hydrogen-bond donors (Lipinski definition) is 1. The maximum absolute atomic E-state index is 12.4. The topological polar surface area (TPSA) is 59.3 Å². The summed E-state index contributed by atoms with van der Waals surface area (Å²) in [7, 11) is 0. The molecule has 1 fully saturated rings. The molecule has 1 aliphatic rings. The van der Waals surface area contributed by atoms with Crippen molar-refractivity contribution in [1.29, 1.82) is 0 Å². The van der Waals surface area contributed by atoms with E-state index in [2.05, 4.69) is 0 Å². The van der Waals surface area contributed by atoms with E-state index in [1.54, 1.807) is 16.9 Å². The van der Waals surface area contributed by atoms with E-state index in [0.717, 1.165) is 17.5 Å². The molecule has 2 atom stereocenters. The van der Waals surface area contributed by atoms with Crippen molar-refractivity contribution in [1.82, 2.24) is 3.96 Å². The number of aliphatic carboxylic acids is 1. The number of hydrogen-bond acceptors (Lipinski definition) is 3. The van der Waals surface area contributed by atoms with Crippen LogP contribution in [0.5, 0.6) is 0 Å². The van der Waals surface area contributed by atoms with Crippen LogP contribution < -0.4 is 5.56 Å². The minimum atomic E-state index is -0.829. The first-order chi connectivity index (χ1) is 9.04. The predicted molar refractivity (Wildman–Crippen MR) is 74.7 cm³/mol. The van der Waals surface area contributed by atoms with Crippen LogP contribution in [0.3, 0.4) is 0 Å². The molecule has 0 spiro atoms. The highest BCUT2D eigenvalue weighted by molar-refractivity contribution is 7.13. The van der Waals surface area contributed by atoms with Crippen LogP contribution in [0.2, 0.25) is 0 Å². The third kappa shape index (κ3) is 1.72. The first-order valence-corrected chi connectivity index (χ1v) is 7.15. The summed E-state index contributed by atoms with van der Waals surface area (Å²) in [5.74, 6) is -0.806. The van der Waals surface area contributed by atoms with E-state index in [-0.39, 0.29) is 11.6 Å². The highest BCUT2D eigenvalue weighted by Gasteiger charge is 2.47. The average Bonchev–Trinajstić information content (AvgIpc) is 2.92. The first kappa shape index (κ1) is 12.4. The van der Waals surface area contributed by atoms with Crippen LogP contribution in [0.4, 0.5) is 0 Å². The molecule has 1 aromatic carbocycles. The molecule has 2 aromatic rings. The number of nitrogens with zero attached hydrogens (tertiary/aromatic N) is 1. The third-order valence-electron chi connectivity index (χ3n) is 4.20. The molecule has 0 bridgehead atoms. The lowest BCUT2D eigenvalue weighted by molar-refractivity contribution is -0.149. The minimum absolute atomic E-state index is 0.0556. The van der Waals surface area contributed by atoms with E-state index in [1.807, 2.05) is 18.2 Å². The molecule has 3 rings (SSSR count). The molecule has 0 saturated heterocycles. The Labute approximate surface area is 114 Å². The van der Waals surface area contributed by atoms with Gasteiger partial charge in [0.05, 0.1) is 21.5 Å². The molecular formula is C14H15NO3S. The monoisotopic (exact) mass is 277 g/mol. The Morgan fingerprint density at radius 3 is 2.89 bits per heavy atom. The largest absolute Gasteiger partial charge is 0.481 e. The summed E-state index contributed by atoms with van der Waals surface area (Å²) in [4.78, 5) is 23.9. The van der Waals surface area contributed by atoms with Crippen molar-refractivity contribution in [2.75, 3.05) is 0 Å². The summed E-state index contributed by atoms with van der Waals surface area (Å²) in [6, 6.07) is 7.22. The standard InChI is InChI=1S/C14H15NO3S/c1-14(13(17)18)8-4-7-11(14)15-12(16)9-5-2-3-6-10(9)19-15/h2-3,5-6,11H,4,7-8H2,1H3,(H,17,18). The zero-order valence-electron chi connectivity index (χ0n) is 10.6. The molecule has 1 aromatic heterocycles. The summed E-state index contributed by atoms with van der Waals surface area (Å²) in [6.07, 6.45) is 2.25. The molecule has 100 valence electrons. The Kier molecular flexibility index (Phi) is 2.74. The minimum Gasteiger partial charge on any atom is -0.481 e. The molecule has 19 heavy (non-hydrogen) atoms. The van der Waals surface area contributed by atoms with Crippen LogP contribution in [0.1, 0.15) is 32.2 Å². The number of carboxylic acid groups (broad SMARTS) is 1. The lowest BCUT2D eigenvalue weighted by Gasteiger charge is -2.26. The fourth-order valence-corrected chi connectivity index (χ4v) is 4.22. The number of carboxylic acids is 1. The third-order valence-corrected chi connectivity index (χ3v) is 5.36. The zero-order valence-corrected chi connectivity index (χ0v) is 11.4. The van der Waals surface area contributed by atoms with Crippen LogP contribution in [0, 0.1) is 5.41 Å². The van der Waals surface area contributed by atoms with Crippen molar-refractivity contribution in [3.8, 4) is 0 Å². The second-order valence-electron chi connectivity index (χ2n) is 5.35. The number of carbonyl (C=O) groups is 1. The molecule has 1 aliphatic carbocycles. The van der Waals surface area contributed by atoms with Crippen molar-refractivity contribution >= 4 is 27.6 Å². The molecule has 0 radical (unpaired) electrons. The Morgan fingerprint density at radius 1 is 1.47 bits per heavy atom. The van der Waals surface area contributed by atoms with Gasteiger partial charge in [0.25, 0.3) is 5.56 Å². The molecule has 1 saturated carbocycles. The predicted octanol–water partition coefficient (Wildman–Crippen LogP) is 2.88. The fraction of sp³-hybridized carbons (Fsp3) is 0.429. The highest BCUT2D eigenvalue weighted by atomic mass is 32.1. The molecule has 5 heteroatoms. The van der Waals surface area contributed by atoms with E-state index < -0.39 is 11.4 Å². The van der Waals surface area contributed by atoms with Gasteiger partial charge in [-0.3, -0.25) is 13.5 Å². The first-order valence-electron chi connectivity index (χ1n) is 6.38. The van der Waals surface area contributed by atoms with Crippen LogP contribution in [-0.4, -0.2) is 15.0 Å². The molecule has 0 aliphatic heterocycles. The van der Waals surface area contributed by atoms with Gasteiger partial charge < -0.3 is 5.11 Å². The van der Waals surface area contributed by atoms with Crippen molar-refractivity contribution in [3.63, 3.8) is 0 Å². The number of fused-ring (bicyclic) bond motifs is 1. The molecule has 4 nitrogen and oxygen atoms in total. The van der Waals surface area contributed by atoms with Crippen molar-refractivity contribution in [2.24, 2.45) is 5.41 Å². The van der Waals surface area contributed by atoms with Crippen molar-refractivity contribution < 1.29 is 9.90 Å². The van der Waals surface area contributed by atoms with E-state index in [1.165, 1.54) is 11.5 Å². The SMILES string of the molecule is CC1(C(=O)O)CCCC1n1sc2ccccc2c1=O. The van der Waals surface area contributed by atoms with E-state index in [4.69, 9.17) is 0 Å². The van der Waals surface area contributed by atoms with Gasteiger partial charge in [0.1, 0.15) is 0 Å². The lowest BCUT2D eigenvalue weighted by atomic mass is 9.85. The lowest BCUT2D eigenvalue weighted by Crippen LogP contribution is -2.35. The smallest absolute Gasteiger partial charge is 0.311 e. The summed E-state index contributed by atoms with van der Waals surface area (Å²) in [5, 5.41) is 10.1. The Balaban J connectivity index is 2.17. The van der Waals surface area contributed by atoms with Gasteiger partial charge in [0, 0.05) is 0 Å². The van der Waals surface area contributed by atoms with Crippen LogP contribution in [0.25, 0.3) is 10.1 Å². The van der Waals surface area contributed by atoms with Gasteiger partial charge >= 0.3 is 5.97 Å². The van der Waals surface area contributed by atoms with Gasteiger partial charge in [0.15, 0.2) is 0 Å². The second kappa shape index (κ2) is 4.20. The Morgan fingerprint density at radius 2 is 2.21 bits per heavy atom. The van der Waals surface area contributed by atoms with Gasteiger partial charge in [0.2, 0.25) is 0 Å². The normalized spacial score (nSPS) is 26.9. The molecular weight excluding hydrogens is 262 g/mol. The molecule has 1 heterocycles. The number of benzene rings is 1. The van der Waals surface area contributed by atoms with Crippen LogP contribution >= 0.6 is 11.5 Å². The fourth-order valence-electron chi connectivity index (χ4n) is 2.97. The van der Waals surface area contributed by atoms with Gasteiger partial charge in [-0.25, -0.2) is 0 Å². The average molecular weight is 277 g/mol. The Bertz CT molecular complexity index is 702. The summed E-state index contributed by atoms with van der Waals surface area (Å²) >= 11 is 1.38. The Hall–Kier alpha value is -1.62. The van der Waals surface area contributed by atoms with E-state index in [9.17, 15) is 14.7 Å². The quantitative estimate of drug-likeness (QED) is 0.918. The number of rotatable bonds is 2. The van der Waals surface area contributed by atoms with Gasteiger partial charge in [-0.2, -0.15) is 0 Å². The van der Waals surface area contributed by atoms with Gasteiger partial charge in [-0.1, -0.05) is 30.1 Å². The molecule has 0 amide bonds. The van der Waals surface area contributed by atoms with Crippen molar-refractivity contribution in [2.45, 2.75) is 32.2 Å². The maximum atomic E-state index is 12.4. The highest BCUT2D eigenvalue weighted by Crippen LogP contribution is 2.47. The van der Waals surface area contributed by atoms with Crippen molar-refractivity contribution in [3.05, 3.63) is 34.6 Å². The number of aromatic nitrogens is 1. The van der Waals surface area contributed by atoms with E-state index in [0.29, 0.717) is 11.8 Å². The molecule has 2 unspecified atom stereocenters. The summed E-state index contributed by atoms with van der Waals surface area (Å²) in [6.45, 7) is 1.75. The van der Waals surface area contributed by atoms with Crippen LogP contribution in [-0.2, 0) is 4.79 Å².